The van der Waals surface area contributed by atoms with Gasteiger partial charge in [-0.1, -0.05) is 25.1 Å². The standard InChI is InChI=1S/C13H14N2O3S2/c1-2-10-5-7-11(8-6-10)20(17,18)15-14-13(16)12-4-3-9-19-12/h3-9,15H,2H2,1H3,(H,14,16). The van der Waals surface area contributed by atoms with Crippen molar-refractivity contribution < 1.29 is 13.2 Å². The second-order valence-corrected chi connectivity index (χ2v) is 6.66. The molecule has 0 aliphatic rings. The third-order valence-electron chi connectivity index (χ3n) is 2.69. The van der Waals surface area contributed by atoms with Crippen molar-refractivity contribution in [3.63, 3.8) is 0 Å². The van der Waals surface area contributed by atoms with E-state index in [0.29, 0.717) is 4.88 Å². The first-order chi connectivity index (χ1) is 9.53. The fourth-order valence-electron chi connectivity index (χ4n) is 1.55. The Morgan fingerprint density at radius 3 is 2.45 bits per heavy atom. The number of benzene rings is 1. The minimum atomic E-state index is -3.75. The minimum absolute atomic E-state index is 0.112. The number of hydrogen-bond donors (Lipinski definition) is 2. The lowest BCUT2D eigenvalue weighted by atomic mass is 10.2. The van der Waals surface area contributed by atoms with Crippen LogP contribution in [0, 0.1) is 0 Å². The number of carbonyl (C=O) groups excluding carboxylic acids is 1. The van der Waals surface area contributed by atoms with Crippen LogP contribution in [-0.4, -0.2) is 14.3 Å². The van der Waals surface area contributed by atoms with Gasteiger partial charge in [0.15, 0.2) is 0 Å². The Kier molecular flexibility index (Phi) is 4.53. The lowest BCUT2D eigenvalue weighted by molar-refractivity contribution is 0.0949. The molecular formula is C13H14N2O3S2. The van der Waals surface area contributed by atoms with E-state index < -0.39 is 15.9 Å². The largest absolute Gasteiger partial charge is 0.276 e. The topological polar surface area (TPSA) is 75.3 Å². The number of sulfonamides is 1. The first kappa shape index (κ1) is 14.7. The summed E-state index contributed by atoms with van der Waals surface area (Å²) in [6.07, 6.45) is 0.836. The van der Waals surface area contributed by atoms with Gasteiger partial charge >= 0.3 is 0 Å². The maximum absolute atomic E-state index is 12.0. The first-order valence-electron chi connectivity index (χ1n) is 5.97. The van der Waals surface area contributed by atoms with Gasteiger partial charge in [0, 0.05) is 0 Å². The van der Waals surface area contributed by atoms with E-state index in [1.54, 1.807) is 29.6 Å². The predicted molar refractivity (Wildman–Crippen MR) is 77.9 cm³/mol. The summed E-state index contributed by atoms with van der Waals surface area (Å²) in [6, 6.07) is 9.85. The molecule has 2 rings (SSSR count). The molecule has 0 fully saturated rings. The van der Waals surface area contributed by atoms with Gasteiger partial charge in [0.2, 0.25) is 0 Å². The number of carbonyl (C=O) groups is 1. The third-order valence-corrected chi connectivity index (χ3v) is 4.82. The van der Waals surface area contributed by atoms with Gasteiger partial charge in [0.05, 0.1) is 9.77 Å². The highest BCUT2D eigenvalue weighted by molar-refractivity contribution is 7.89. The van der Waals surface area contributed by atoms with E-state index in [4.69, 9.17) is 0 Å². The molecule has 0 saturated carbocycles. The Labute approximate surface area is 121 Å². The number of rotatable bonds is 5. The maximum Gasteiger partial charge on any atom is 0.276 e. The van der Waals surface area contributed by atoms with Crippen LogP contribution in [0.1, 0.15) is 22.2 Å². The molecular weight excluding hydrogens is 296 g/mol. The van der Waals surface area contributed by atoms with Gasteiger partial charge in [0.1, 0.15) is 0 Å². The van der Waals surface area contributed by atoms with E-state index in [0.717, 1.165) is 12.0 Å². The van der Waals surface area contributed by atoms with Gasteiger partial charge < -0.3 is 0 Å². The van der Waals surface area contributed by atoms with Crippen LogP contribution in [-0.2, 0) is 16.4 Å². The van der Waals surface area contributed by atoms with Gasteiger partial charge in [0.25, 0.3) is 15.9 Å². The predicted octanol–water partition coefficient (Wildman–Crippen LogP) is 1.93. The van der Waals surface area contributed by atoms with Crippen molar-refractivity contribution in [2.75, 3.05) is 0 Å². The monoisotopic (exact) mass is 310 g/mol. The van der Waals surface area contributed by atoms with Gasteiger partial charge in [-0.15, -0.1) is 16.2 Å². The molecule has 1 aromatic heterocycles. The van der Waals surface area contributed by atoms with Gasteiger partial charge in [-0.25, -0.2) is 8.42 Å². The molecule has 1 aromatic carbocycles. The fourth-order valence-corrected chi connectivity index (χ4v) is 3.00. The van der Waals surface area contributed by atoms with E-state index in [2.05, 4.69) is 10.3 Å². The lowest BCUT2D eigenvalue weighted by Crippen LogP contribution is -2.41. The molecule has 20 heavy (non-hydrogen) atoms. The average molecular weight is 310 g/mol. The zero-order chi connectivity index (χ0) is 14.6. The third kappa shape index (κ3) is 3.44. The first-order valence-corrected chi connectivity index (χ1v) is 8.34. The molecule has 1 heterocycles. The highest BCUT2D eigenvalue weighted by atomic mass is 32.2. The SMILES string of the molecule is CCc1ccc(S(=O)(=O)NNC(=O)c2cccs2)cc1. The summed E-state index contributed by atoms with van der Waals surface area (Å²) in [6.45, 7) is 1.99. The molecule has 0 unspecified atom stereocenters. The van der Waals surface area contributed by atoms with E-state index in [1.165, 1.54) is 23.5 Å². The zero-order valence-corrected chi connectivity index (χ0v) is 12.4. The molecule has 0 spiro atoms. The van der Waals surface area contributed by atoms with Crippen molar-refractivity contribution in [3.8, 4) is 0 Å². The highest BCUT2D eigenvalue weighted by Gasteiger charge is 2.15. The normalized spacial score (nSPS) is 11.2. The zero-order valence-electron chi connectivity index (χ0n) is 10.8. The quantitative estimate of drug-likeness (QED) is 0.829. The van der Waals surface area contributed by atoms with Crippen LogP contribution in [0.15, 0.2) is 46.7 Å². The average Bonchev–Trinajstić information content (AvgIpc) is 2.99. The summed E-state index contributed by atoms with van der Waals surface area (Å²) in [5.41, 5.74) is 3.23. The molecule has 106 valence electrons. The molecule has 7 heteroatoms. The Balaban J connectivity index is 2.05. The Bertz CT molecular complexity index is 677. The molecule has 0 atom stereocenters. The van der Waals surface area contributed by atoms with E-state index >= 15 is 0 Å². The van der Waals surface area contributed by atoms with Crippen LogP contribution in [0.2, 0.25) is 0 Å². The van der Waals surface area contributed by atoms with Crippen LogP contribution in [0.5, 0.6) is 0 Å². The summed E-state index contributed by atoms with van der Waals surface area (Å²) in [4.78, 5) is 14.3. The summed E-state index contributed by atoms with van der Waals surface area (Å²) >= 11 is 1.24. The maximum atomic E-state index is 12.0. The van der Waals surface area contributed by atoms with Crippen LogP contribution in [0.4, 0.5) is 0 Å². The molecule has 5 nitrogen and oxygen atoms in total. The number of hydrogen-bond acceptors (Lipinski definition) is 4. The van der Waals surface area contributed by atoms with E-state index in [9.17, 15) is 13.2 Å². The minimum Gasteiger partial charge on any atom is -0.273 e. The Morgan fingerprint density at radius 2 is 1.90 bits per heavy atom. The molecule has 0 radical (unpaired) electrons. The van der Waals surface area contributed by atoms with Gasteiger partial charge in [-0.3, -0.25) is 10.2 Å². The number of hydrazine groups is 1. The van der Waals surface area contributed by atoms with Crippen molar-refractivity contribution in [2.45, 2.75) is 18.2 Å². The van der Waals surface area contributed by atoms with Crippen molar-refractivity contribution in [1.29, 1.82) is 0 Å². The van der Waals surface area contributed by atoms with Crippen LogP contribution >= 0.6 is 11.3 Å². The fraction of sp³-hybridized carbons (Fsp3) is 0.154. The number of aryl methyl sites for hydroxylation is 1. The van der Waals surface area contributed by atoms with Crippen LogP contribution in [0.3, 0.4) is 0 Å². The summed E-state index contributed by atoms with van der Waals surface area (Å²) in [5.74, 6) is -0.478. The van der Waals surface area contributed by atoms with Gasteiger partial charge in [-0.2, -0.15) is 0 Å². The highest BCUT2D eigenvalue weighted by Crippen LogP contribution is 2.11. The number of amides is 1. The Morgan fingerprint density at radius 1 is 1.20 bits per heavy atom. The van der Waals surface area contributed by atoms with E-state index in [-0.39, 0.29) is 4.90 Å². The second-order valence-electron chi connectivity index (χ2n) is 4.03. The van der Waals surface area contributed by atoms with Crippen LogP contribution in [0.25, 0.3) is 0 Å². The van der Waals surface area contributed by atoms with Crippen molar-refractivity contribution in [2.24, 2.45) is 0 Å². The second kappa shape index (κ2) is 6.17. The van der Waals surface area contributed by atoms with Crippen molar-refractivity contribution in [3.05, 3.63) is 52.2 Å². The molecule has 0 bridgehead atoms. The molecule has 1 amide bonds. The summed E-state index contributed by atoms with van der Waals surface area (Å²) in [7, 11) is -3.75. The molecule has 2 N–H and O–H groups in total. The molecule has 0 aliphatic heterocycles. The van der Waals surface area contributed by atoms with Crippen molar-refractivity contribution >= 4 is 27.3 Å². The Hall–Kier alpha value is -1.70. The molecule has 0 saturated heterocycles. The van der Waals surface area contributed by atoms with E-state index in [1.807, 2.05) is 6.92 Å². The summed E-state index contributed by atoms with van der Waals surface area (Å²) in [5, 5.41) is 1.74. The number of nitrogens with one attached hydrogen (secondary N) is 2. The summed E-state index contributed by atoms with van der Waals surface area (Å²) < 4.78 is 24.0. The molecule has 0 aliphatic carbocycles. The van der Waals surface area contributed by atoms with Gasteiger partial charge in [-0.05, 0) is 35.6 Å². The smallest absolute Gasteiger partial charge is 0.273 e. The van der Waals surface area contributed by atoms with Crippen LogP contribution < -0.4 is 10.3 Å². The molecule has 2 aromatic rings. The van der Waals surface area contributed by atoms with Crippen molar-refractivity contribution in [1.82, 2.24) is 10.3 Å². The number of thiophene rings is 1. The lowest BCUT2D eigenvalue weighted by Gasteiger charge is -2.08.